The van der Waals surface area contributed by atoms with E-state index in [0.29, 0.717) is 9.30 Å². The van der Waals surface area contributed by atoms with E-state index in [4.69, 9.17) is 23.6 Å². The lowest BCUT2D eigenvalue weighted by atomic mass is 10.0. The summed E-state index contributed by atoms with van der Waals surface area (Å²) in [4.78, 5) is 23.9. The number of thiophene rings is 1. The highest BCUT2D eigenvalue weighted by Gasteiger charge is 2.56. The lowest BCUT2D eigenvalue weighted by Crippen LogP contribution is -2.38. The molecule has 1 aromatic rings. The van der Waals surface area contributed by atoms with Gasteiger partial charge in [-0.05, 0) is 18.4 Å². The number of carbonyl (C=O) groups excluding carboxylic acids is 2. The highest BCUT2D eigenvalue weighted by atomic mass is 35.5. The van der Waals surface area contributed by atoms with Gasteiger partial charge in [0.05, 0.1) is 0 Å². The lowest BCUT2D eigenvalue weighted by Gasteiger charge is -2.23. The van der Waals surface area contributed by atoms with Crippen molar-refractivity contribution in [1.82, 2.24) is 8.84 Å². The summed E-state index contributed by atoms with van der Waals surface area (Å²) in [6.07, 6.45) is 0. The molecule has 0 bridgehead atoms. The van der Waals surface area contributed by atoms with Crippen LogP contribution in [0.3, 0.4) is 0 Å². The molecule has 1 saturated heterocycles. The Bertz CT molecular complexity index is 422. The maximum absolute atomic E-state index is 11.8. The van der Waals surface area contributed by atoms with Crippen LogP contribution in [0.5, 0.6) is 0 Å². The Hall–Kier alpha value is -0.780. The van der Waals surface area contributed by atoms with Gasteiger partial charge in [-0.25, -0.2) is 9.21 Å². The predicted octanol–water partition coefficient (Wildman–Crippen LogP) is 2.54. The first-order valence-corrected chi connectivity index (χ1v) is 5.59. The molecule has 0 N–H and O–H groups in total. The van der Waals surface area contributed by atoms with E-state index in [1.54, 1.807) is 24.4 Å². The van der Waals surface area contributed by atoms with E-state index >= 15 is 0 Å². The molecule has 0 radical (unpaired) electrons. The van der Waals surface area contributed by atoms with Crippen molar-refractivity contribution in [3.05, 3.63) is 22.4 Å². The highest BCUT2D eigenvalue weighted by Crippen LogP contribution is 2.41. The molecule has 15 heavy (non-hydrogen) atoms. The summed E-state index contributed by atoms with van der Waals surface area (Å²) in [6.45, 7) is 1.56. The number of imide groups is 1. The van der Waals surface area contributed by atoms with Crippen LogP contribution in [0.2, 0.25) is 0 Å². The van der Waals surface area contributed by atoms with Gasteiger partial charge in [0.25, 0.3) is 5.91 Å². The summed E-state index contributed by atoms with van der Waals surface area (Å²) in [5.41, 5.74) is -1.20. The zero-order chi connectivity index (χ0) is 11.2. The fraction of sp³-hybridized carbons (Fsp3) is 0.250. The molecule has 1 aliphatic rings. The number of rotatable bonds is 1. The number of amides is 3. The normalized spacial score (nSPS) is 26.6. The molecule has 3 amide bonds. The van der Waals surface area contributed by atoms with E-state index in [2.05, 4.69) is 0 Å². The largest absolute Gasteiger partial charge is 0.357 e. The van der Waals surface area contributed by atoms with Crippen molar-refractivity contribution >= 4 is 46.8 Å². The molecule has 1 fully saturated rings. The number of urea groups is 1. The van der Waals surface area contributed by atoms with E-state index in [9.17, 15) is 9.59 Å². The molecule has 0 unspecified atom stereocenters. The maximum atomic E-state index is 11.8. The van der Waals surface area contributed by atoms with Gasteiger partial charge in [0, 0.05) is 28.4 Å². The summed E-state index contributed by atoms with van der Waals surface area (Å²) in [7, 11) is 0. The summed E-state index contributed by atoms with van der Waals surface area (Å²) in [5.74, 6) is -0.536. The predicted molar refractivity (Wildman–Crippen MR) is 57.5 cm³/mol. The number of carbonyl (C=O) groups is 2. The van der Waals surface area contributed by atoms with Crippen molar-refractivity contribution in [1.29, 1.82) is 0 Å². The van der Waals surface area contributed by atoms with Gasteiger partial charge in [-0.1, -0.05) is 6.07 Å². The number of halogens is 2. The standard InChI is InChI=1S/C8H6Cl2N2O2S/c1-8(5-3-2-4-15-5)6(13)11(9)7(14)12(8)10/h2-4H,1H3/t8-/m1/s1. The van der Waals surface area contributed by atoms with Crippen molar-refractivity contribution in [2.75, 3.05) is 0 Å². The Morgan fingerprint density at radius 1 is 1.40 bits per heavy atom. The molecule has 1 aliphatic heterocycles. The molecule has 2 rings (SSSR count). The molecular formula is C8H6Cl2N2O2S. The van der Waals surface area contributed by atoms with E-state index in [1.807, 2.05) is 0 Å². The van der Waals surface area contributed by atoms with Crippen LogP contribution in [0, 0.1) is 0 Å². The van der Waals surface area contributed by atoms with Crippen molar-refractivity contribution < 1.29 is 9.59 Å². The fourth-order valence-electron chi connectivity index (χ4n) is 1.39. The molecule has 80 valence electrons. The van der Waals surface area contributed by atoms with Crippen LogP contribution in [0.25, 0.3) is 0 Å². The van der Waals surface area contributed by atoms with Gasteiger partial charge in [0.15, 0.2) is 5.54 Å². The molecule has 0 spiro atoms. The first-order chi connectivity index (χ1) is 6.99. The minimum absolute atomic E-state index is 0.507. The lowest BCUT2D eigenvalue weighted by molar-refractivity contribution is -0.128. The number of hydrogen-bond donors (Lipinski definition) is 0. The van der Waals surface area contributed by atoms with Crippen molar-refractivity contribution in [2.45, 2.75) is 12.5 Å². The Balaban J connectivity index is 2.53. The smallest absolute Gasteiger partial charge is 0.270 e. The second-order valence-electron chi connectivity index (χ2n) is 3.20. The Morgan fingerprint density at radius 3 is 2.47 bits per heavy atom. The van der Waals surface area contributed by atoms with Crippen LogP contribution in [-0.2, 0) is 10.3 Å². The van der Waals surface area contributed by atoms with E-state index in [0.717, 1.165) is 4.42 Å². The molecule has 0 saturated carbocycles. The zero-order valence-corrected chi connectivity index (χ0v) is 9.94. The van der Waals surface area contributed by atoms with Gasteiger partial charge in [-0.3, -0.25) is 4.79 Å². The van der Waals surface area contributed by atoms with Gasteiger partial charge < -0.3 is 0 Å². The third-order valence-corrected chi connectivity index (χ3v) is 4.19. The average Bonchev–Trinajstić information content (AvgIpc) is 2.81. The Labute approximate surface area is 100 Å². The van der Waals surface area contributed by atoms with Crippen molar-refractivity contribution in [3.8, 4) is 0 Å². The fourth-order valence-corrected chi connectivity index (χ4v) is 2.82. The van der Waals surface area contributed by atoms with E-state index < -0.39 is 17.5 Å². The van der Waals surface area contributed by atoms with Crippen LogP contribution in [0.4, 0.5) is 4.79 Å². The molecule has 0 aromatic carbocycles. The minimum Gasteiger partial charge on any atom is -0.270 e. The van der Waals surface area contributed by atoms with Crippen LogP contribution >= 0.6 is 34.9 Å². The van der Waals surface area contributed by atoms with E-state index in [1.165, 1.54) is 11.3 Å². The third kappa shape index (κ3) is 1.27. The quantitative estimate of drug-likeness (QED) is 0.578. The summed E-state index contributed by atoms with van der Waals surface area (Å²) in [5, 5.41) is 1.81. The monoisotopic (exact) mass is 264 g/mol. The van der Waals surface area contributed by atoms with Crippen LogP contribution in [-0.4, -0.2) is 20.8 Å². The summed E-state index contributed by atoms with van der Waals surface area (Å²) >= 11 is 12.7. The van der Waals surface area contributed by atoms with Crippen molar-refractivity contribution in [2.24, 2.45) is 0 Å². The maximum Gasteiger partial charge on any atom is 0.357 e. The number of nitrogens with zero attached hydrogens (tertiary/aromatic N) is 2. The summed E-state index contributed by atoms with van der Waals surface area (Å²) < 4.78 is 1.33. The van der Waals surface area contributed by atoms with Crippen molar-refractivity contribution in [3.63, 3.8) is 0 Å². The van der Waals surface area contributed by atoms with Crippen LogP contribution in [0.1, 0.15) is 11.8 Å². The van der Waals surface area contributed by atoms with Gasteiger partial charge in [-0.15, -0.1) is 11.3 Å². The average molecular weight is 265 g/mol. The topological polar surface area (TPSA) is 40.6 Å². The minimum atomic E-state index is -1.20. The first-order valence-electron chi connectivity index (χ1n) is 4.04. The second kappa shape index (κ2) is 3.37. The molecule has 7 heteroatoms. The molecule has 4 nitrogen and oxygen atoms in total. The second-order valence-corrected chi connectivity index (χ2v) is 4.82. The van der Waals surface area contributed by atoms with Gasteiger partial charge in [-0.2, -0.15) is 4.42 Å². The molecule has 1 atom stereocenters. The number of hydrogen-bond acceptors (Lipinski definition) is 3. The first kappa shape index (κ1) is 10.7. The van der Waals surface area contributed by atoms with Crippen LogP contribution < -0.4 is 0 Å². The Kier molecular flexibility index (Phi) is 2.41. The van der Waals surface area contributed by atoms with E-state index in [-0.39, 0.29) is 0 Å². The molecule has 0 aliphatic carbocycles. The summed E-state index contributed by atoms with van der Waals surface area (Å²) in [6, 6.07) is 2.80. The van der Waals surface area contributed by atoms with Gasteiger partial charge >= 0.3 is 6.03 Å². The third-order valence-electron chi connectivity index (χ3n) is 2.32. The zero-order valence-electron chi connectivity index (χ0n) is 7.61. The molecule has 2 heterocycles. The van der Waals surface area contributed by atoms with Gasteiger partial charge in [0.1, 0.15) is 0 Å². The Morgan fingerprint density at radius 2 is 2.07 bits per heavy atom. The van der Waals surface area contributed by atoms with Crippen LogP contribution in [0.15, 0.2) is 17.5 Å². The van der Waals surface area contributed by atoms with Gasteiger partial charge in [0.2, 0.25) is 0 Å². The SMILES string of the molecule is C[C@@]1(c2cccs2)C(=O)N(Cl)C(=O)N1Cl. The molecule has 1 aromatic heterocycles. The highest BCUT2D eigenvalue weighted by molar-refractivity contribution is 7.10. The molecular weight excluding hydrogens is 259 g/mol.